The molecule has 1 aromatic heterocycles. The summed E-state index contributed by atoms with van der Waals surface area (Å²) in [7, 11) is 0. The minimum Gasteiger partial charge on any atom is -0.441 e. The van der Waals surface area contributed by atoms with Gasteiger partial charge >= 0.3 is 0 Å². The summed E-state index contributed by atoms with van der Waals surface area (Å²) < 4.78 is 6.31. The first-order valence-corrected chi connectivity index (χ1v) is 12.2. The van der Waals surface area contributed by atoms with Crippen LogP contribution in [0, 0.1) is 0 Å². The Morgan fingerprint density at radius 3 is 2.42 bits per heavy atom. The number of aliphatic hydroxyl groups is 1. The molecular formula is C27H40N2O2. The Morgan fingerprint density at radius 2 is 1.71 bits per heavy atom. The molecule has 0 bridgehead atoms. The first kappa shape index (κ1) is 22.5. The number of hydrogen-bond acceptors (Lipinski definition) is 4. The average molecular weight is 425 g/mol. The molecular weight excluding hydrogens is 384 g/mol. The third-order valence-corrected chi connectivity index (χ3v) is 7.75. The van der Waals surface area contributed by atoms with E-state index in [4.69, 9.17) is 9.52 Å². The molecule has 1 saturated heterocycles. The number of nitrogens with zero attached hydrogens (tertiary/aromatic N) is 2. The molecule has 1 aliphatic carbocycles. The number of fused-ring (bicyclic) bond motifs is 1. The number of oxazole rings is 1. The molecule has 1 aromatic carbocycles. The van der Waals surface area contributed by atoms with E-state index in [0.717, 1.165) is 62.5 Å². The van der Waals surface area contributed by atoms with Gasteiger partial charge < -0.3 is 14.4 Å². The van der Waals surface area contributed by atoms with Gasteiger partial charge in [0.05, 0.1) is 6.20 Å². The maximum Gasteiger partial charge on any atom is 0.226 e. The van der Waals surface area contributed by atoms with E-state index in [9.17, 15) is 0 Å². The predicted molar refractivity (Wildman–Crippen MR) is 127 cm³/mol. The fourth-order valence-electron chi connectivity index (χ4n) is 5.40. The molecule has 4 heteroatoms. The van der Waals surface area contributed by atoms with E-state index >= 15 is 0 Å². The van der Waals surface area contributed by atoms with Crippen LogP contribution in [0.15, 0.2) is 28.8 Å². The standard InChI is InChI=1S/C27H40N2O2/c1-26(2)12-13-27(3,4)23-18-21(8-9-22(23)26)25-28-19-24(31-25)20-10-15-29(16-11-20)14-6-5-7-17-30/h8-9,18-20,30H,5-7,10-17H2,1-4H3. The zero-order chi connectivity index (χ0) is 22.1. The largest absolute Gasteiger partial charge is 0.441 e. The lowest BCUT2D eigenvalue weighted by atomic mass is 9.63. The van der Waals surface area contributed by atoms with E-state index in [1.54, 1.807) is 0 Å². The Balaban J connectivity index is 1.43. The van der Waals surface area contributed by atoms with Crippen molar-refractivity contribution in [2.24, 2.45) is 0 Å². The highest BCUT2D eigenvalue weighted by Gasteiger charge is 2.37. The summed E-state index contributed by atoms with van der Waals surface area (Å²) in [6, 6.07) is 6.85. The summed E-state index contributed by atoms with van der Waals surface area (Å²) in [6.07, 6.45) is 9.92. The lowest BCUT2D eigenvalue weighted by molar-refractivity contribution is 0.196. The van der Waals surface area contributed by atoms with Crippen molar-refractivity contribution in [2.45, 2.75) is 89.4 Å². The van der Waals surface area contributed by atoms with Gasteiger partial charge in [0.1, 0.15) is 5.76 Å². The number of benzene rings is 1. The first-order valence-electron chi connectivity index (χ1n) is 12.2. The number of aromatic nitrogens is 1. The average Bonchev–Trinajstić information content (AvgIpc) is 3.25. The third-order valence-electron chi connectivity index (χ3n) is 7.75. The molecule has 170 valence electrons. The molecule has 0 unspecified atom stereocenters. The van der Waals surface area contributed by atoms with Crippen LogP contribution in [-0.2, 0) is 10.8 Å². The lowest BCUT2D eigenvalue weighted by Gasteiger charge is -2.42. The molecule has 1 aliphatic heterocycles. The second-order valence-electron chi connectivity index (χ2n) is 11.0. The van der Waals surface area contributed by atoms with Crippen LogP contribution in [0.3, 0.4) is 0 Å². The molecule has 2 aromatic rings. The summed E-state index contributed by atoms with van der Waals surface area (Å²) in [5, 5.41) is 8.93. The molecule has 0 saturated carbocycles. The summed E-state index contributed by atoms with van der Waals surface area (Å²) in [4.78, 5) is 7.23. The Morgan fingerprint density at radius 1 is 1.00 bits per heavy atom. The maximum atomic E-state index is 8.93. The highest BCUT2D eigenvalue weighted by Crippen LogP contribution is 2.46. The number of rotatable bonds is 7. The fourth-order valence-corrected chi connectivity index (χ4v) is 5.40. The van der Waals surface area contributed by atoms with Gasteiger partial charge in [-0.3, -0.25) is 0 Å². The van der Waals surface area contributed by atoms with Crippen LogP contribution in [0.2, 0.25) is 0 Å². The summed E-state index contributed by atoms with van der Waals surface area (Å²) in [5.41, 5.74) is 4.47. The van der Waals surface area contributed by atoms with Gasteiger partial charge in [0.2, 0.25) is 5.89 Å². The van der Waals surface area contributed by atoms with E-state index in [1.807, 2.05) is 6.20 Å². The Labute approximate surface area is 188 Å². The SMILES string of the molecule is CC1(C)CCC(C)(C)c2cc(-c3ncc(C4CCN(CCCCCO)CC4)o3)ccc21. The highest BCUT2D eigenvalue weighted by atomic mass is 16.4. The third kappa shape index (κ3) is 4.90. The highest BCUT2D eigenvalue weighted by molar-refractivity contribution is 5.59. The smallest absolute Gasteiger partial charge is 0.226 e. The topological polar surface area (TPSA) is 49.5 Å². The van der Waals surface area contributed by atoms with Crippen LogP contribution < -0.4 is 0 Å². The second-order valence-corrected chi connectivity index (χ2v) is 11.0. The van der Waals surface area contributed by atoms with Crippen molar-refractivity contribution in [3.8, 4) is 11.5 Å². The van der Waals surface area contributed by atoms with Gasteiger partial charge in [0.25, 0.3) is 0 Å². The zero-order valence-corrected chi connectivity index (χ0v) is 19.9. The van der Waals surface area contributed by atoms with Crippen molar-refractivity contribution in [1.29, 1.82) is 0 Å². The summed E-state index contributed by atoms with van der Waals surface area (Å²) in [6.45, 7) is 13.2. The van der Waals surface area contributed by atoms with Crippen molar-refractivity contribution in [1.82, 2.24) is 9.88 Å². The van der Waals surface area contributed by atoms with Gasteiger partial charge in [0.15, 0.2) is 0 Å². The fraction of sp³-hybridized carbons (Fsp3) is 0.667. The van der Waals surface area contributed by atoms with Crippen LogP contribution in [0.1, 0.15) is 95.4 Å². The van der Waals surface area contributed by atoms with Gasteiger partial charge in [-0.15, -0.1) is 0 Å². The number of unbranched alkanes of at least 4 members (excludes halogenated alkanes) is 2. The Bertz CT molecular complexity index is 875. The quantitative estimate of drug-likeness (QED) is 0.551. The minimum atomic E-state index is 0.195. The molecule has 2 heterocycles. The normalized spacial score (nSPS) is 21.2. The number of aliphatic hydroxyl groups excluding tert-OH is 1. The monoisotopic (exact) mass is 424 g/mol. The van der Waals surface area contributed by atoms with Crippen LogP contribution in [0.25, 0.3) is 11.5 Å². The summed E-state index contributed by atoms with van der Waals surface area (Å²) in [5.74, 6) is 2.29. The first-order chi connectivity index (χ1) is 14.8. The van der Waals surface area contributed by atoms with Crippen molar-refractivity contribution in [3.05, 3.63) is 41.3 Å². The van der Waals surface area contributed by atoms with E-state index in [2.05, 4.69) is 55.8 Å². The van der Waals surface area contributed by atoms with Crippen LogP contribution in [0.5, 0.6) is 0 Å². The van der Waals surface area contributed by atoms with Gasteiger partial charge in [-0.1, -0.05) is 33.8 Å². The van der Waals surface area contributed by atoms with E-state index < -0.39 is 0 Å². The number of hydrogen-bond donors (Lipinski definition) is 1. The second kappa shape index (κ2) is 9.07. The predicted octanol–water partition coefficient (Wildman–Crippen LogP) is 6.03. The Hall–Kier alpha value is -1.65. The van der Waals surface area contributed by atoms with Crippen molar-refractivity contribution in [2.75, 3.05) is 26.2 Å². The molecule has 0 spiro atoms. The molecule has 0 atom stereocenters. The molecule has 4 rings (SSSR count). The minimum absolute atomic E-state index is 0.195. The van der Waals surface area contributed by atoms with Gasteiger partial charge in [-0.2, -0.15) is 0 Å². The molecule has 4 nitrogen and oxygen atoms in total. The molecule has 1 N–H and O–H groups in total. The van der Waals surface area contributed by atoms with Crippen molar-refractivity contribution < 1.29 is 9.52 Å². The van der Waals surface area contributed by atoms with Gasteiger partial charge in [-0.05, 0) is 98.7 Å². The van der Waals surface area contributed by atoms with Crippen LogP contribution >= 0.6 is 0 Å². The molecule has 1 fully saturated rings. The maximum absolute atomic E-state index is 8.93. The molecule has 0 radical (unpaired) electrons. The van der Waals surface area contributed by atoms with Gasteiger partial charge in [0, 0.05) is 18.1 Å². The number of piperidine rings is 1. The lowest BCUT2D eigenvalue weighted by Crippen LogP contribution is -2.33. The Kier molecular flexibility index (Phi) is 6.60. The van der Waals surface area contributed by atoms with Crippen molar-refractivity contribution >= 4 is 0 Å². The number of likely N-dealkylation sites (tertiary alicyclic amines) is 1. The molecule has 0 amide bonds. The summed E-state index contributed by atoms with van der Waals surface area (Å²) >= 11 is 0. The van der Waals surface area contributed by atoms with Crippen molar-refractivity contribution in [3.63, 3.8) is 0 Å². The molecule has 31 heavy (non-hydrogen) atoms. The van der Waals surface area contributed by atoms with E-state index in [-0.39, 0.29) is 10.8 Å². The van der Waals surface area contributed by atoms with E-state index in [0.29, 0.717) is 12.5 Å². The van der Waals surface area contributed by atoms with Gasteiger partial charge in [-0.25, -0.2) is 4.98 Å². The van der Waals surface area contributed by atoms with E-state index in [1.165, 1.54) is 30.4 Å². The molecule has 2 aliphatic rings. The zero-order valence-electron chi connectivity index (χ0n) is 19.9. The van der Waals surface area contributed by atoms with Crippen LogP contribution in [0.4, 0.5) is 0 Å². The van der Waals surface area contributed by atoms with Crippen LogP contribution in [-0.4, -0.2) is 41.2 Å².